The fourth-order valence-electron chi connectivity index (χ4n) is 2.58. The number of benzene rings is 2. The van der Waals surface area contributed by atoms with E-state index in [1.165, 1.54) is 19.2 Å². The maximum atomic E-state index is 12.3. The van der Waals surface area contributed by atoms with Crippen LogP contribution >= 0.6 is 0 Å². The summed E-state index contributed by atoms with van der Waals surface area (Å²) in [7, 11) is -2.62. The molecule has 162 valence electrons. The molecule has 0 atom stereocenters. The Morgan fingerprint density at radius 1 is 1.20 bits per heavy atom. The van der Waals surface area contributed by atoms with E-state index in [0.29, 0.717) is 6.61 Å². The van der Waals surface area contributed by atoms with E-state index in [0.717, 1.165) is 22.2 Å². The van der Waals surface area contributed by atoms with Crippen LogP contribution in [-0.2, 0) is 26.2 Å². The molecular weight excluding hydrogens is 414 g/mol. The van der Waals surface area contributed by atoms with E-state index in [1.807, 2.05) is 30.3 Å². The largest absolute Gasteiger partial charge is 0.495 e. The van der Waals surface area contributed by atoms with Crippen molar-refractivity contribution < 1.29 is 27.6 Å². The van der Waals surface area contributed by atoms with Crippen LogP contribution < -0.4 is 14.4 Å². The van der Waals surface area contributed by atoms with Crippen molar-refractivity contribution in [2.24, 2.45) is 0 Å². The summed E-state index contributed by atoms with van der Waals surface area (Å²) >= 11 is 0. The van der Waals surface area contributed by atoms with E-state index < -0.39 is 27.4 Å². The SMILES string of the molecule is COc1ccc([N+](=O)[O-])cc1N(CC(=O)NCCOCc1ccccc1)S(C)(=O)=O. The summed E-state index contributed by atoms with van der Waals surface area (Å²) in [6.45, 7) is 0.237. The van der Waals surface area contributed by atoms with Gasteiger partial charge in [-0.1, -0.05) is 30.3 Å². The van der Waals surface area contributed by atoms with E-state index in [4.69, 9.17) is 9.47 Å². The number of hydrogen-bond donors (Lipinski definition) is 1. The van der Waals surface area contributed by atoms with Gasteiger partial charge >= 0.3 is 0 Å². The van der Waals surface area contributed by atoms with Crippen LogP contribution in [0.1, 0.15) is 5.56 Å². The van der Waals surface area contributed by atoms with Crippen molar-refractivity contribution in [3.8, 4) is 5.75 Å². The van der Waals surface area contributed by atoms with Gasteiger partial charge in [-0.3, -0.25) is 19.2 Å². The number of nitrogens with zero attached hydrogens (tertiary/aromatic N) is 2. The maximum absolute atomic E-state index is 12.3. The molecule has 0 fully saturated rings. The summed E-state index contributed by atoms with van der Waals surface area (Å²) in [4.78, 5) is 22.7. The lowest BCUT2D eigenvalue weighted by Gasteiger charge is -2.23. The fourth-order valence-corrected chi connectivity index (χ4v) is 3.43. The highest BCUT2D eigenvalue weighted by molar-refractivity contribution is 7.92. The molecule has 2 aromatic rings. The van der Waals surface area contributed by atoms with Crippen LogP contribution in [0.15, 0.2) is 48.5 Å². The van der Waals surface area contributed by atoms with Crippen LogP contribution in [-0.4, -0.2) is 52.3 Å². The van der Waals surface area contributed by atoms with Crippen LogP contribution in [0.3, 0.4) is 0 Å². The molecule has 1 amide bonds. The highest BCUT2D eigenvalue weighted by atomic mass is 32.2. The lowest BCUT2D eigenvalue weighted by Crippen LogP contribution is -2.41. The van der Waals surface area contributed by atoms with Crippen molar-refractivity contribution in [3.63, 3.8) is 0 Å². The summed E-state index contributed by atoms with van der Waals surface area (Å²) in [5.74, 6) is -0.498. The van der Waals surface area contributed by atoms with E-state index in [2.05, 4.69) is 5.32 Å². The molecule has 0 spiro atoms. The van der Waals surface area contributed by atoms with Gasteiger partial charge in [0.25, 0.3) is 5.69 Å². The second-order valence-electron chi connectivity index (χ2n) is 6.27. The molecule has 0 aliphatic rings. The molecule has 0 aliphatic heterocycles. The van der Waals surface area contributed by atoms with Gasteiger partial charge in [-0.2, -0.15) is 0 Å². The average Bonchev–Trinajstić information content (AvgIpc) is 2.71. The van der Waals surface area contributed by atoms with Crippen LogP contribution in [0.2, 0.25) is 0 Å². The standard InChI is InChI=1S/C19H23N3O7S/c1-28-18-9-8-16(22(24)25)12-17(18)21(30(2,26)27)13-19(23)20-10-11-29-14-15-6-4-3-5-7-15/h3-9,12H,10-11,13-14H2,1-2H3,(H,20,23). The minimum absolute atomic E-state index is 0.0880. The number of amides is 1. The molecule has 1 N–H and O–H groups in total. The molecule has 0 radical (unpaired) electrons. The molecule has 0 aliphatic carbocycles. The van der Waals surface area contributed by atoms with Gasteiger partial charge < -0.3 is 14.8 Å². The molecule has 2 aromatic carbocycles. The summed E-state index contributed by atoms with van der Waals surface area (Å²) in [5.41, 5.74) is 0.573. The van der Waals surface area contributed by atoms with Crippen molar-refractivity contribution in [2.75, 3.05) is 37.4 Å². The number of nitrogens with one attached hydrogen (secondary N) is 1. The van der Waals surface area contributed by atoms with Crippen molar-refractivity contribution in [1.82, 2.24) is 5.32 Å². The lowest BCUT2D eigenvalue weighted by atomic mass is 10.2. The molecule has 0 saturated heterocycles. The number of sulfonamides is 1. The van der Waals surface area contributed by atoms with Gasteiger partial charge in [-0.15, -0.1) is 0 Å². The number of carbonyl (C=O) groups is 1. The number of nitro benzene ring substituents is 1. The van der Waals surface area contributed by atoms with Gasteiger partial charge in [-0.25, -0.2) is 8.42 Å². The highest BCUT2D eigenvalue weighted by Crippen LogP contribution is 2.33. The fraction of sp³-hybridized carbons (Fsp3) is 0.316. The van der Waals surface area contributed by atoms with Gasteiger partial charge in [0.05, 0.1) is 31.5 Å². The molecule has 11 heteroatoms. The zero-order chi connectivity index (χ0) is 22.1. The van der Waals surface area contributed by atoms with Gasteiger partial charge in [0, 0.05) is 18.7 Å². The number of anilines is 1. The molecule has 0 aromatic heterocycles. The van der Waals surface area contributed by atoms with E-state index in [9.17, 15) is 23.3 Å². The third kappa shape index (κ3) is 6.71. The second kappa shape index (κ2) is 10.6. The van der Waals surface area contributed by atoms with Crippen molar-refractivity contribution in [1.29, 1.82) is 0 Å². The first-order valence-corrected chi connectivity index (χ1v) is 10.8. The number of non-ortho nitro benzene ring substituents is 1. The minimum atomic E-state index is -3.92. The molecule has 2 rings (SSSR count). The Balaban J connectivity index is 2.00. The van der Waals surface area contributed by atoms with Gasteiger partial charge in [-0.05, 0) is 11.6 Å². The normalized spacial score (nSPS) is 11.0. The van der Waals surface area contributed by atoms with Crippen molar-refractivity contribution in [3.05, 3.63) is 64.2 Å². The number of hydrogen-bond acceptors (Lipinski definition) is 7. The second-order valence-corrected chi connectivity index (χ2v) is 8.18. The van der Waals surface area contributed by atoms with Crippen LogP contribution in [0, 0.1) is 10.1 Å². The number of carbonyl (C=O) groups excluding carboxylic acids is 1. The highest BCUT2D eigenvalue weighted by Gasteiger charge is 2.26. The Hall–Kier alpha value is -3.18. The zero-order valence-electron chi connectivity index (χ0n) is 16.6. The van der Waals surface area contributed by atoms with Crippen molar-refractivity contribution in [2.45, 2.75) is 6.61 Å². The van der Waals surface area contributed by atoms with Crippen LogP contribution in [0.4, 0.5) is 11.4 Å². The first-order valence-electron chi connectivity index (χ1n) is 8.91. The first-order chi connectivity index (χ1) is 14.2. The molecular formula is C19H23N3O7S. The van der Waals surface area contributed by atoms with Crippen LogP contribution in [0.25, 0.3) is 0 Å². The number of methoxy groups -OCH3 is 1. The van der Waals surface area contributed by atoms with Gasteiger partial charge in [0.2, 0.25) is 15.9 Å². The first kappa shape index (κ1) is 23.1. The zero-order valence-corrected chi connectivity index (χ0v) is 17.4. The van der Waals surface area contributed by atoms with Gasteiger partial charge in [0.1, 0.15) is 18.0 Å². The predicted octanol–water partition coefficient (Wildman–Crippen LogP) is 1.70. The number of rotatable bonds is 11. The smallest absolute Gasteiger partial charge is 0.271 e. The average molecular weight is 437 g/mol. The third-order valence-corrected chi connectivity index (χ3v) is 5.14. The Morgan fingerprint density at radius 2 is 1.90 bits per heavy atom. The predicted molar refractivity (Wildman–Crippen MR) is 111 cm³/mol. The quantitative estimate of drug-likeness (QED) is 0.322. The van der Waals surface area contributed by atoms with E-state index in [1.54, 1.807) is 0 Å². The Labute approximate surface area is 174 Å². The van der Waals surface area contributed by atoms with E-state index >= 15 is 0 Å². The third-order valence-electron chi connectivity index (χ3n) is 4.01. The molecule has 0 unspecified atom stereocenters. The molecule has 0 saturated carbocycles. The van der Waals surface area contributed by atoms with Crippen LogP contribution in [0.5, 0.6) is 5.75 Å². The Kier molecular flexibility index (Phi) is 8.13. The Morgan fingerprint density at radius 3 is 2.50 bits per heavy atom. The molecule has 0 heterocycles. The maximum Gasteiger partial charge on any atom is 0.271 e. The summed E-state index contributed by atoms with van der Waals surface area (Å²) in [5, 5.41) is 13.6. The Bertz CT molecular complexity index is 981. The number of ether oxygens (including phenoxy) is 2. The minimum Gasteiger partial charge on any atom is -0.495 e. The topological polar surface area (TPSA) is 128 Å². The van der Waals surface area contributed by atoms with Gasteiger partial charge in [0.15, 0.2) is 0 Å². The molecule has 10 nitrogen and oxygen atoms in total. The molecule has 0 bridgehead atoms. The summed E-state index contributed by atoms with van der Waals surface area (Å²) < 4.78 is 35.8. The summed E-state index contributed by atoms with van der Waals surface area (Å²) in [6, 6.07) is 13.0. The molecule has 30 heavy (non-hydrogen) atoms. The van der Waals surface area contributed by atoms with Crippen molar-refractivity contribution >= 4 is 27.3 Å². The summed E-state index contributed by atoms with van der Waals surface area (Å²) in [6.07, 6.45) is 0.904. The van der Waals surface area contributed by atoms with E-state index in [-0.39, 0.29) is 30.3 Å². The number of nitro groups is 1. The monoisotopic (exact) mass is 437 g/mol. The lowest BCUT2D eigenvalue weighted by molar-refractivity contribution is -0.384.